The number of benzene rings is 1. The van der Waals surface area contributed by atoms with Crippen molar-refractivity contribution in [2.24, 2.45) is 0 Å². The van der Waals surface area contributed by atoms with Crippen LogP contribution in [0, 0.1) is 0 Å². The van der Waals surface area contributed by atoms with Gasteiger partial charge in [0.2, 0.25) is 0 Å². The molecule has 1 amide bonds. The van der Waals surface area contributed by atoms with Crippen LogP contribution in [0.4, 0.5) is 5.69 Å². The van der Waals surface area contributed by atoms with E-state index in [1.807, 2.05) is 0 Å². The van der Waals surface area contributed by atoms with Crippen molar-refractivity contribution in [2.75, 3.05) is 18.8 Å². The van der Waals surface area contributed by atoms with E-state index in [2.05, 4.69) is 14.7 Å². The molecule has 0 spiro atoms. The molecular formula is C12H13ClN4O3S. The van der Waals surface area contributed by atoms with Crippen LogP contribution in [0.1, 0.15) is 10.4 Å². The Balaban J connectivity index is 2.36. The number of imidazole rings is 1. The highest BCUT2D eigenvalue weighted by atomic mass is 35.5. The Morgan fingerprint density at radius 1 is 1.38 bits per heavy atom. The van der Waals surface area contributed by atoms with E-state index in [1.54, 1.807) is 14.1 Å². The van der Waals surface area contributed by atoms with Crippen molar-refractivity contribution in [2.45, 2.75) is 5.03 Å². The maximum absolute atomic E-state index is 12.1. The van der Waals surface area contributed by atoms with Gasteiger partial charge in [-0.25, -0.2) is 4.98 Å². The third kappa shape index (κ3) is 3.34. The average Bonchev–Trinajstić information content (AvgIpc) is 2.95. The highest BCUT2D eigenvalue weighted by Crippen LogP contribution is 2.25. The Hall–Kier alpha value is -2.06. The van der Waals surface area contributed by atoms with Crippen molar-refractivity contribution < 1.29 is 13.2 Å². The molecule has 7 nitrogen and oxygen atoms in total. The van der Waals surface area contributed by atoms with Crippen LogP contribution in [0.25, 0.3) is 0 Å². The minimum Gasteiger partial charge on any atom is -0.345 e. The first-order valence-electron chi connectivity index (χ1n) is 5.83. The number of sulfonamides is 1. The molecule has 0 saturated heterocycles. The second-order valence-electron chi connectivity index (χ2n) is 4.42. The van der Waals surface area contributed by atoms with Gasteiger partial charge in [-0.05, 0) is 18.2 Å². The number of aromatic amines is 1. The number of rotatable bonds is 4. The van der Waals surface area contributed by atoms with Crippen LogP contribution in [-0.4, -0.2) is 43.3 Å². The Labute approximate surface area is 127 Å². The van der Waals surface area contributed by atoms with Gasteiger partial charge in [-0.15, -0.1) is 0 Å². The molecule has 2 N–H and O–H groups in total. The van der Waals surface area contributed by atoms with Gasteiger partial charge in [-0.3, -0.25) is 9.52 Å². The molecule has 0 aliphatic rings. The van der Waals surface area contributed by atoms with Crippen molar-refractivity contribution in [3.8, 4) is 0 Å². The Bertz CT molecular complexity index is 757. The summed E-state index contributed by atoms with van der Waals surface area (Å²) in [6.45, 7) is 0. The van der Waals surface area contributed by atoms with Gasteiger partial charge in [0.05, 0.1) is 23.2 Å². The summed E-state index contributed by atoms with van der Waals surface area (Å²) in [5, 5.41) is 0.0938. The second kappa shape index (κ2) is 5.74. The summed E-state index contributed by atoms with van der Waals surface area (Å²) in [6, 6.07) is 4.38. The summed E-state index contributed by atoms with van der Waals surface area (Å²) in [5.74, 6) is -0.256. The maximum Gasteiger partial charge on any atom is 0.279 e. The standard InChI is InChI=1S/C12H13ClN4O3S/c1-17(2)12(18)8-3-4-9(13)10(5-8)16-21(19,20)11-6-14-7-15-11/h3-7,16H,1-2H3,(H,14,15). The number of hydrogen-bond acceptors (Lipinski definition) is 4. The topological polar surface area (TPSA) is 95.2 Å². The predicted molar refractivity (Wildman–Crippen MR) is 78.9 cm³/mol. The van der Waals surface area contributed by atoms with Crippen molar-refractivity contribution in [3.05, 3.63) is 41.3 Å². The van der Waals surface area contributed by atoms with Crippen LogP contribution in [-0.2, 0) is 10.0 Å². The van der Waals surface area contributed by atoms with Gasteiger partial charge < -0.3 is 9.88 Å². The molecule has 1 aromatic carbocycles. The van der Waals surface area contributed by atoms with E-state index < -0.39 is 10.0 Å². The molecule has 0 fully saturated rings. The Morgan fingerprint density at radius 3 is 2.67 bits per heavy atom. The monoisotopic (exact) mass is 328 g/mol. The quantitative estimate of drug-likeness (QED) is 0.890. The molecule has 9 heteroatoms. The molecule has 2 rings (SSSR count). The molecule has 1 heterocycles. The van der Waals surface area contributed by atoms with E-state index in [0.717, 1.165) is 0 Å². The zero-order chi connectivity index (χ0) is 15.6. The van der Waals surface area contributed by atoms with E-state index in [4.69, 9.17) is 11.6 Å². The molecule has 2 aromatic rings. The fourth-order valence-corrected chi connectivity index (χ4v) is 2.78. The first kappa shape index (κ1) is 15.3. The van der Waals surface area contributed by atoms with Crippen LogP contribution in [0.15, 0.2) is 35.7 Å². The lowest BCUT2D eigenvalue weighted by atomic mass is 10.2. The molecule has 0 bridgehead atoms. The lowest BCUT2D eigenvalue weighted by Gasteiger charge is -2.13. The van der Waals surface area contributed by atoms with Crippen LogP contribution in [0.5, 0.6) is 0 Å². The molecular weight excluding hydrogens is 316 g/mol. The zero-order valence-corrected chi connectivity index (χ0v) is 12.9. The highest BCUT2D eigenvalue weighted by Gasteiger charge is 2.18. The summed E-state index contributed by atoms with van der Waals surface area (Å²) in [7, 11) is -0.627. The van der Waals surface area contributed by atoms with Crippen LogP contribution < -0.4 is 4.72 Å². The fraction of sp³-hybridized carbons (Fsp3) is 0.167. The molecule has 21 heavy (non-hydrogen) atoms. The summed E-state index contributed by atoms with van der Waals surface area (Å²) >= 11 is 5.97. The van der Waals surface area contributed by atoms with E-state index in [9.17, 15) is 13.2 Å². The average molecular weight is 329 g/mol. The predicted octanol–water partition coefficient (Wildman–Crippen LogP) is 1.57. The molecule has 0 aliphatic heterocycles. The lowest BCUT2D eigenvalue weighted by Crippen LogP contribution is -2.22. The van der Waals surface area contributed by atoms with Gasteiger partial charge in [0.25, 0.3) is 15.9 Å². The van der Waals surface area contributed by atoms with Gasteiger partial charge >= 0.3 is 0 Å². The number of nitrogens with one attached hydrogen (secondary N) is 2. The van der Waals surface area contributed by atoms with E-state index in [-0.39, 0.29) is 21.6 Å². The Morgan fingerprint density at radius 2 is 2.10 bits per heavy atom. The van der Waals surface area contributed by atoms with Gasteiger partial charge in [-0.1, -0.05) is 11.6 Å². The van der Waals surface area contributed by atoms with Gasteiger partial charge in [0, 0.05) is 19.7 Å². The molecule has 0 atom stereocenters. The van der Waals surface area contributed by atoms with Crippen molar-refractivity contribution >= 4 is 33.2 Å². The van der Waals surface area contributed by atoms with E-state index in [1.165, 1.54) is 35.6 Å². The number of H-pyrrole nitrogens is 1. The minimum atomic E-state index is -3.83. The summed E-state index contributed by atoms with van der Waals surface area (Å²) in [4.78, 5) is 19.4. The molecule has 0 unspecified atom stereocenters. The van der Waals surface area contributed by atoms with Gasteiger partial charge in [-0.2, -0.15) is 8.42 Å². The number of hydrogen-bond donors (Lipinski definition) is 2. The molecule has 1 aromatic heterocycles. The number of amides is 1. The van der Waals surface area contributed by atoms with Crippen molar-refractivity contribution in [3.63, 3.8) is 0 Å². The normalized spacial score (nSPS) is 11.2. The maximum atomic E-state index is 12.1. The molecule has 0 saturated carbocycles. The second-order valence-corrected chi connectivity index (χ2v) is 6.47. The van der Waals surface area contributed by atoms with Crippen molar-refractivity contribution in [1.29, 1.82) is 0 Å². The summed E-state index contributed by atoms with van der Waals surface area (Å²) in [6.07, 6.45) is 2.42. The smallest absolute Gasteiger partial charge is 0.279 e. The minimum absolute atomic E-state index is 0.0945. The van der Waals surface area contributed by atoms with Crippen LogP contribution in [0.3, 0.4) is 0 Å². The largest absolute Gasteiger partial charge is 0.345 e. The summed E-state index contributed by atoms with van der Waals surface area (Å²) < 4.78 is 26.5. The van der Waals surface area contributed by atoms with Gasteiger partial charge in [0.1, 0.15) is 0 Å². The third-order valence-electron chi connectivity index (χ3n) is 2.63. The molecule has 0 aliphatic carbocycles. The number of nitrogens with zero attached hydrogens (tertiary/aromatic N) is 2. The highest BCUT2D eigenvalue weighted by molar-refractivity contribution is 7.92. The SMILES string of the molecule is CN(C)C(=O)c1ccc(Cl)c(NS(=O)(=O)c2cnc[nH]2)c1. The van der Waals surface area contributed by atoms with E-state index >= 15 is 0 Å². The van der Waals surface area contributed by atoms with Gasteiger partial charge in [0.15, 0.2) is 5.03 Å². The third-order valence-corrected chi connectivity index (χ3v) is 4.25. The zero-order valence-electron chi connectivity index (χ0n) is 11.3. The number of halogens is 1. The Kier molecular flexibility index (Phi) is 4.19. The van der Waals surface area contributed by atoms with E-state index in [0.29, 0.717) is 5.56 Å². The molecule has 0 radical (unpaired) electrons. The first-order chi connectivity index (χ1) is 9.81. The van der Waals surface area contributed by atoms with Crippen molar-refractivity contribution in [1.82, 2.24) is 14.9 Å². The lowest BCUT2D eigenvalue weighted by molar-refractivity contribution is 0.0827. The first-order valence-corrected chi connectivity index (χ1v) is 7.70. The van der Waals surface area contributed by atoms with Crippen LogP contribution in [0.2, 0.25) is 5.02 Å². The number of anilines is 1. The summed E-state index contributed by atoms with van der Waals surface area (Å²) in [5.41, 5.74) is 0.450. The number of carbonyl (C=O) groups excluding carboxylic acids is 1. The van der Waals surface area contributed by atoms with Crippen LogP contribution >= 0.6 is 11.6 Å². The molecule has 112 valence electrons. The number of carbonyl (C=O) groups is 1. The number of aromatic nitrogens is 2. The fourth-order valence-electron chi connectivity index (χ4n) is 1.58.